The molecule has 3 rings (SSSR count). The number of hydrogen-bond acceptors (Lipinski definition) is 5. The minimum Gasteiger partial charge on any atom is -0.462 e. The molecule has 2 aromatic carbocycles. The van der Waals surface area contributed by atoms with Crippen LogP contribution < -0.4 is 15.7 Å². The second-order valence-electron chi connectivity index (χ2n) is 6.94. The first kappa shape index (κ1) is 22.7. The Balaban J connectivity index is 1.65. The number of unbranched alkanes of at least 4 members (excludes halogenated alkanes) is 1. The summed E-state index contributed by atoms with van der Waals surface area (Å²) in [6.07, 6.45) is 3.06. The van der Waals surface area contributed by atoms with Crippen molar-refractivity contribution in [2.75, 3.05) is 11.9 Å². The molecule has 7 nitrogen and oxygen atoms in total. The second kappa shape index (κ2) is 10.9. The summed E-state index contributed by atoms with van der Waals surface area (Å²) in [6.45, 7) is 2.18. The summed E-state index contributed by atoms with van der Waals surface area (Å²) >= 11 is 0. The molecule has 0 unspecified atom stereocenters. The first-order chi connectivity index (χ1) is 15.5. The number of benzene rings is 2. The maximum atomic E-state index is 13.7. The zero-order chi connectivity index (χ0) is 22.9. The van der Waals surface area contributed by atoms with Crippen molar-refractivity contribution in [1.29, 1.82) is 0 Å². The first-order valence-electron chi connectivity index (χ1n) is 10.2. The van der Waals surface area contributed by atoms with E-state index in [1.807, 2.05) is 6.92 Å². The number of halogens is 1. The molecule has 0 spiro atoms. The normalized spacial score (nSPS) is 10.4. The smallest absolute Gasteiger partial charge is 0.338 e. The van der Waals surface area contributed by atoms with Gasteiger partial charge in [-0.05, 0) is 48.9 Å². The molecule has 0 fully saturated rings. The summed E-state index contributed by atoms with van der Waals surface area (Å²) in [6, 6.07) is 15.0. The van der Waals surface area contributed by atoms with Gasteiger partial charge in [0.05, 0.1) is 12.2 Å². The van der Waals surface area contributed by atoms with E-state index in [-0.39, 0.29) is 17.7 Å². The van der Waals surface area contributed by atoms with Crippen LogP contribution >= 0.6 is 0 Å². The molecule has 166 valence electrons. The summed E-state index contributed by atoms with van der Waals surface area (Å²) in [5.41, 5.74) is 0.217. The second-order valence-corrected chi connectivity index (χ2v) is 6.94. The number of nitrogens with zero attached hydrogens (tertiary/aromatic N) is 1. The van der Waals surface area contributed by atoms with E-state index in [0.29, 0.717) is 17.9 Å². The van der Waals surface area contributed by atoms with Crippen molar-refractivity contribution >= 4 is 17.6 Å². The van der Waals surface area contributed by atoms with Crippen molar-refractivity contribution in [2.45, 2.75) is 26.4 Å². The SMILES string of the molecule is CCCCOC(=O)c1ccc(NC(=O)c2cccn(OCc3ccccc3F)c2=O)cc1. The van der Waals surface area contributed by atoms with E-state index in [9.17, 15) is 18.8 Å². The van der Waals surface area contributed by atoms with Crippen LogP contribution in [0.1, 0.15) is 46.0 Å². The summed E-state index contributed by atoms with van der Waals surface area (Å²) in [7, 11) is 0. The monoisotopic (exact) mass is 438 g/mol. The Morgan fingerprint density at radius 3 is 2.50 bits per heavy atom. The fraction of sp³-hybridized carbons (Fsp3) is 0.208. The fourth-order valence-corrected chi connectivity index (χ4v) is 2.78. The van der Waals surface area contributed by atoms with E-state index >= 15 is 0 Å². The van der Waals surface area contributed by atoms with Crippen LogP contribution in [0.5, 0.6) is 0 Å². The third-order valence-corrected chi connectivity index (χ3v) is 4.59. The number of ether oxygens (including phenoxy) is 1. The van der Waals surface area contributed by atoms with Gasteiger partial charge in [-0.1, -0.05) is 31.5 Å². The number of hydrogen-bond donors (Lipinski definition) is 1. The third kappa shape index (κ3) is 5.81. The van der Waals surface area contributed by atoms with Crippen molar-refractivity contribution in [2.24, 2.45) is 0 Å². The Hall–Kier alpha value is -3.94. The average molecular weight is 438 g/mol. The number of esters is 1. The molecule has 0 radical (unpaired) electrons. The van der Waals surface area contributed by atoms with Crippen LogP contribution in [-0.2, 0) is 11.3 Å². The Morgan fingerprint density at radius 1 is 1.03 bits per heavy atom. The number of anilines is 1. The van der Waals surface area contributed by atoms with Gasteiger partial charge in [0, 0.05) is 17.4 Å². The number of amides is 1. The molecular formula is C24H23FN2O5. The Morgan fingerprint density at radius 2 is 1.78 bits per heavy atom. The molecule has 1 N–H and O–H groups in total. The maximum absolute atomic E-state index is 13.7. The van der Waals surface area contributed by atoms with Gasteiger partial charge in [0.15, 0.2) is 0 Å². The third-order valence-electron chi connectivity index (χ3n) is 4.59. The molecule has 0 aliphatic rings. The molecule has 0 atom stereocenters. The molecule has 8 heteroatoms. The highest BCUT2D eigenvalue weighted by atomic mass is 19.1. The van der Waals surface area contributed by atoms with Crippen LogP contribution in [0.2, 0.25) is 0 Å². The summed E-state index contributed by atoms with van der Waals surface area (Å²) < 4.78 is 19.8. The van der Waals surface area contributed by atoms with E-state index < -0.39 is 23.3 Å². The maximum Gasteiger partial charge on any atom is 0.338 e. The van der Waals surface area contributed by atoms with E-state index in [0.717, 1.165) is 17.6 Å². The van der Waals surface area contributed by atoms with Gasteiger partial charge in [0.25, 0.3) is 11.5 Å². The molecule has 0 aliphatic heterocycles. The summed E-state index contributed by atoms with van der Waals surface area (Å²) in [4.78, 5) is 42.5. The summed E-state index contributed by atoms with van der Waals surface area (Å²) in [5, 5.41) is 2.61. The van der Waals surface area contributed by atoms with E-state index in [2.05, 4.69) is 5.32 Å². The number of nitrogens with one attached hydrogen (secondary N) is 1. The van der Waals surface area contributed by atoms with Crippen LogP contribution in [0.15, 0.2) is 71.7 Å². The number of carbonyl (C=O) groups is 2. The fourth-order valence-electron chi connectivity index (χ4n) is 2.78. The van der Waals surface area contributed by atoms with Gasteiger partial charge >= 0.3 is 5.97 Å². The van der Waals surface area contributed by atoms with Crippen molar-refractivity contribution < 1.29 is 23.6 Å². The highest BCUT2D eigenvalue weighted by molar-refractivity contribution is 6.04. The molecule has 1 aromatic heterocycles. The highest BCUT2D eigenvalue weighted by Crippen LogP contribution is 2.12. The topological polar surface area (TPSA) is 86.6 Å². The molecule has 1 heterocycles. The lowest BCUT2D eigenvalue weighted by Gasteiger charge is -2.11. The largest absolute Gasteiger partial charge is 0.462 e. The predicted molar refractivity (Wildman–Crippen MR) is 117 cm³/mol. The van der Waals surface area contributed by atoms with Crippen LogP contribution in [0.3, 0.4) is 0 Å². The minimum absolute atomic E-state index is 0.149. The van der Waals surface area contributed by atoms with Gasteiger partial charge in [0.2, 0.25) is 0 Å². The standard InChI is InChI=1S/C24H23FN2O5/c1-2-3-15-31-24(30)17-10-12-19(13-11-17)26-22(28)20-8-6-14-27(23(20)29)32-16-18-7-4-5-9-21(18)25/h4-14H,2-3,15-16H2,1H3,(H,26,28). The van der Waals surface area contributed by atoms with Gasteiger partial charge in [-0.3, -0.25) is 9.59 Å². The van der Waals surface area contributed by atoms with Crippen molar-refractivity contribution in [3.63, 3.8) is 0 Å². The van der Waals surface area contributed by atoms with Gasteiger partial charge < -0.3 is 14.9 Å². The lowest BCUT2D eigenvalue weighted by molar-refractivity contribution is 0.0499. The predicted octanol–water partition coefficient (Wildman–Crippen LogP) is 3.83. The molecule has 0 saturated carbocycles. The Labute approximate surface area is 184 Å². The van der Waals surface area contributed by atoms with Crippen molar-refractivity contribution in [1.82, 2.24) is 4.73 Å². The van der Waals surface area contributed by atoms with Gasteiger partial charge in [0.1, 0.15) is 18.0 Å². The highest BCUT2D eigenvalue weighted by Gasteiger charge is 2.14. The number of aromatic nitrogens is 1. The van der Waals surface area contributed by atoms with E-state index in [4.69, 9.17) is 9.57 Å². The lowest BCUT2D eigenvalue weighted by Crippen LogP contribution is -2.32. The van der Waals surface area contributed by atoms with Gasteiger partial charge in [-0.25, -0.2) is 9.18 Å². The summed E-state index contributed by atoms with van der Waals surface area (Å²) in [5.74, 6) is -1.53. The lowest BCUT2D eigenvalue weighted by atomic mass is 10.2. The number of carbonyl (C=O) groups excluding carboxylic acids is 2. The zero-order valence-corrected chi connectivity index (χ0v) is 17.5. The van der Waals surface area contributed by atoms with E-state index in [1.165, 1.54) is 36.5 Å². The van der Waals surface area contributed by atoms with Crippen molar-refractivity contribution in [3.8, 4) is 0 Å². The molecule has 32 heavy (non-hydrogen) atoms. The Kier molecular flexibility index (Phi) is 7.75. The van der Waals surface area contributed by atoms with Crippen molar-refractivity contribution in [3.05, 3.63) is 99.7 Å². The van der Waals surface area contributed by atoms with Crippen LogP contribution in [0.25, 0.3) is 0 Å². The molecule has 3 aromatic rings. The van der Waals surface area contributed by atoms with Crippen LogP contribution in [-0.4, -0.2) is 23.2 Å². The average Bonchev–Trinajstić information content (AvgIpc) is 2.80. The minimum atomic E-state index is -0.683. The molecule has 0 bridgehead atoms. The molecule has 1 amide bonds. The Bertz CT molecular complexity index is 1140. The zero-order valence-electron chi connectivity index (χ0n) is 17.5. The van der Waals surface area contributed by atoms with Crippen LogP contribution in [0, 0.1) is 5.82 Å². The van der Waals surface area contributed by atoms with Gasteiger partial charge in [-0.2, -0.15) is 4.73 Å². The molecule has 0 aliphatic carbocycles. The quantitative estimate of drug-likeness (QED) is 0.405. The number of rotatable bonds is 9. The molecular weight excluding hydrogens is 415 g/mol. The molecule has 0 saturated heterocycles. The first-order valence-corrected chi connectivity index (χ1v) is 10.2. The van der Waals surface area contributed by atoms with Gasteiger partial charge in [-0.15, -0.1) is 0 Å². The van der Waals surface area contributed by atoms with Crippen LogP contribution in [0.4, 0.5) is 10.1 Å². The van der Waals surface area contributed by atoms with E-state index in [1.54, 1.807) is 30.3 Å². The number of pyridine rings is 1.